The van der Waals surface area contributed by atoms with Crippen LogP contribution >= 0.6 is 27.7 Å². The Morgan fingerprint density at radius 2 is 2.17 bits per heavy atom. The molecule has 0 aromatic heterocycles. The fourth-order valence-corrected chi connectivity index (χ4v) is 4.04. The molecule has 1 fully saturated rings. The first kappa shape index (κ1) is 14.2. The van der Waals surface area contributed by atoms with Crippen molar-refractivity contribution in [1.29, 1.82) is 0 Å². The molecule has 0 radical (unpaired) electrons. The number of rotatable bonds is 2. The van der Waals surface area contributed by atoms with Crippen LogP contribution in [0.25, 0.3) is 0 Å². The molecule has 1 aliphatic heterocycles. The van der Waals surface area contributed by atoms with E-state index in [4.69, 9.17) is 5.73 Å². The summed E-state index contributed by atoms with van der Waals surface area (Å²) in [5.74, 6) is 1.19. The van der Waals surface area contributed by atoms with E-state index in [0.717, 1.165) is 17.6 Å². The second kappa shape index (κ2) is 5.43. The van der Waals surface area contributed by atoms with E-state index in [2.05, 4.69) is 64.6 Å². The summed E-state index contributed by atoms with van der Waals surface area (Å²) in [7, 11) is 0. The first-order valence-corrected chi connectivity index (χ1v) is 8.11. The van der Waals surface area contributed by atoms with Crippen LogP contribution in [0.1, 0.15) is 32.4 Å². The summed E-state index contributed by atoms with van der Waals surface area (Å²) >= 11 is 5.74. The van der Waals surface area contributed by atoms with Gasteiger partial charge in [0.1, 0.15) is 0 Å². The Morgan fingerprint density at radius 3 is 2.72 bits per heavy atom. The van der Waals surface area contributed by atoms with Crippen LogP contribution < -0.4 is 10.6 Å². The lowest BCUT2D eigenvalue weighted by molar-refractivity contribution is 0.647. The number of anilines is 1. The number of nitrogens with two attached hydrogens (primary N) is 1. The van der Waals surface area contributed by atoms with E-state index in [0.29, 0.717) is 4.75 Å². The quantitative estimate of drug-likeness (QED) is 0.895. The maximum absolute atomic E-state index is 5.92. The first-order chi connectivity index (χ1) is 8.39. The third-order valence-electron chi connectivity index (χ3n) is 3.26. The molecule has 1 heterocycles. The van der Waals surface area contributed by atoms with Gasteiger partial charge < -0.3 is 10.6 Å². The highest BCUT2D eigenvalue weighted by atomic mass is 79.9. The van der Waals surface area contributed by atoms with Crippen molar-refractivity contribution in [2.24, 2.45) is 5.73 Å². The molecule has 1 saturated heterocycles. The van der Waals surface area contributed by atoms with Gasteiger partial charge in [-0.25, -0.2) is 0 Å². The number of benzene rings is 1. The highest BCUT2D eigenvalue weighted by Gasteiger charge is 2.27. The predicted molar refractivity (Wildman–Crippen MR) is 85.5 cm³/mol. The van der Waals surface area contributed by atoms with E-state index >= 15 is 0 Å². The molecule has 1 aromatic carbocycles. The number of nitrogens with zero attached hydrogens (tertiary/aromatic N) is 1. The van der Waals surface area contributed by atoms with Gasteiger partial charge in [-0.2, -0.15) is 11.8 Å². The van der Waals surface area contributed by atoms with Gasteiger partial charge in [-0.1, -0.05) is 6.07 Å². The summed E-state index contributed by atoms with van der Waals surface area (Å²) in [6.07, 6.45) is 0. The average Bonchev–Trinajstić information content (AvgIpc) is 2.27. The van der Waals surface area contributed by atoms with Gasteiger partial charge in [-0.05, 0) is 54.4 Å². The maximum Gasteiger partial charge on any atom is 0.0511 e. The van der Waals surface area contributed by atoms with Crippen molar-refractivity contribution in [3.63, 3.8) is 0 Å². The van der Waals surface area contributed by atoms with Gasteiger partial charge in [0, 0.05) is 34.1 Å². The largest absolute Gasteiger partial charge is 0.368 e. The molecular weight excluding hydrogens is 308 g/mol. The number of hydrogen-bond donors (Lipinski definition) is 1. The van der Waals surface area contributed by atoms with E-state index < -0.39 is 0 Å². The minimum absolute atomic E-state index is 0.0868. The van der Waals surface area contributed by atoms with Gasteiger partial charge in [0.25, 0.3) is 0 Å². The van der Waals surface area contributed by atoms with Crippen molar-refractivity contribution in [2.45, 2.75) is 31.6 Å². The molecular formula is C14H21BrN2S. The Kier molecular flexibility index (Phi) is 4.29. The number of halogens is 1. The lowest BCUT2D eigenvalue weighted by Gasteiger charge is -2.39. The van der Waals surface area contributed by atoms with Crippen LogP contribution in [0.4, 0.5) is 5.69 Å². The van der Waals surface area contributed by atoms with Gasteiger partial charge in [-0.15, -0.1) is 0 Å². The van der Waals surface area contributed by atoms with Crippen LogP contribution in [0.2, 0.25) is 0 Å². The van der Waals surface area contributed by atoms with Crippen molar-refractivity contribution in [3.05, 3.63) is 28.2 Å². The Hall–Kier alpha value is -0.190. The molecule has 100 valence electrons. The first-order valence-electron chi connectivity index (χ1n) is 6.33. The fraction of sp³-hybridized carbons (Fsp3) is 0.571. The normalized spacial score (nSPS) is 20.8. The monoisotopic (exact) mass is 328 g/mol. The molecule has 0 aliphatic carbocycles. The topological polar surface area (TPSA) is 29.3 Å². The molecule has 1 atom stereocenters. The molecule has 2 N–H and O–H groups in total. The zero-order chi connectivity index (χ0) is 13.3. The molecule has 2 nitrogen and oxygen atoms in total. The predicted octanol–water partition coefficient (Wildman–Crippen LogP) is 3.80. The van der Waals surface area contributed by atoms with Crippen molar-refractivity contribution >= 4 is 33.4 Å². The molecule has 1 aliphatic rings. The van der Waals surface area contributed by atoms with Crippen LogP contribution in [0.15, 0.2) is 22.7 Å². The summed E-state index contributed by atoms with van der Waals surface area (Å²) in [5.41, 5.74) is 8.38. The summed E-state index contributed by atoms with van der Waals surface area (Å²) in [5, 5.41) is 0. The van der Waals surface area contributed by atoms with Crippen molar-refractivity contribution in [2.75, 3.05) is 23.7 Å². The molecule has 0 amide bonds. The third kappa shape index (κ3) is 3.22. The molecule has 4 heteroatoms. The average molecular weight is 329 g/mol. The summed E-state index contributed by atoms with van der Waals surface area (Å²) in [6, 6.07) is 6.56. The van der Waals surface area contributed by atoms with E-state index in [1.165, 1.54) is 17.0 Å². The minimum Gasteiger partial charge on any atom is -0.368 e. The molecule has 0 saturated carbocycles. The van der Waals surface area contributed by atoms with Gasteiger partial charge in [0.05, 0.1) is 5.69 Å². The molecule has 18 heavy (non-hydrogen) atoms. The number of thioether (sulfide) groups is 1. The second-order valence-corrected chi connectivity index (χ2v) is 8.19. The van der Waals surface area contributed by atoms with Crippen LogP contribution in [-0.2, 0) is 0 Å². The van der Waals surface area contributed by atoms with Gasteiger partial charge in [0.2, 0.25) is 0 Å². The van der Waals surface area contributed by atoms with E-state index in [9.17, 15) is 0 Å². The van der Waals surface area contributed by atoms with Gasteiger partial charge in [0.15, 0.2) is 0 Å². The molecule has 1 aromatic rings. The van der Waals surface area contributed by atoms with Crippen molar-refractivity contribution in [1.82, 2.24) is 0 Å². The Bertz CT molecular complexity index is 432. The Balaban J connectivity index is 2.23. The van der Waals surface area contributed by atoms with E-state index in [1.807, 2.05) is 6.92 Å². The van der Waals surface area contributed by atoms with Crippen molar-refractivity contribution < 1.29 is 0 Å². The molecule has 0 bridgehead atoms. The molecule has 1 unspecified atom stereocenters. The standard InChI is InChI=1S/C14H21BrN2S/c1-10(16)11-4-5-13(12(15)8-11)17-6-7-18-14(2,3)9-17/h4-5,8,10H,6-7,9,16H2,1-3H3. The van der Waals surface area contributed by atoms with Gasteiger partial charge in [-0.3, -0.25) is 0 Å². The van der Waals surface area contributed by atoms with E-state index in [1.54, 1.807) is 0 Å². The summed E-state index contributed by atoms with van der Waals surface area (Å²) in [4.78, 5) is 2.46. The van der Waals surface area contributed by atoms with Crippen LogP contribution in [0.3, 0.4) is 0 Å². The SMILES string of the molecule is CC(N)c1ccc(N2CCSC(C)(C)C2)c(Br)c1. The lowest BCUT2D eigenvalue weighted by atomic mass is 10.1. The molecule has 2 rings (SSSR count). The number of hydrogen-bond acceptors (Lipinski definition) is 3. The highest BCUT2D eigenvalue weighted by Crippen LogP contribution is 2.36. The van der Waals surface area contributed by atoms with Crippen LogP contribution in [0.5, 0.6) is 0 Å². The smallest absolute Gasteiger partial charge is 0.0511 e. The van der Waals surface area contributed by atoms with Crippen LogP contribution in [-0.4, -0.2) is 23.6 Å². The zero-order valence-electron chi connectivity index (χ0n) is 11.2. The fourth-order valence-electron chi connectivity index (χ4n) is 2.28. The Morgan fingerprint density at radius 1 is 1.44 bits per heavy atom. The zero-order valence-corrected chi connectivity index (χ0v) is 13.6. The third-order valence-corrected chi connectivity index (χ3v) is 5.20. The van der Waals surface area contributed by atoms with Crippen LogP contribution in [0, 0.1) is 0 Å². The Labute approximate surface area is 122 Å². The molecule has 0 spiro atoms. The highest BCUT2D eigenvalue weighted by molar-refractivity contribution is 9.10. The summed E-state index contributed by atoms with van der Waals surface area (Å²) in [6.45, 7) is 8.85. The van der Waals surface area contributed by atoms with Crippen molar-refractivity contribution in [3.8, 4) is 0 Å². The summed E-state index contributed by atoms with van der Waals surface area (Å²) < 4.78 is 1.48. The maximum atomic E-state index is 5.92. The van der Waals surface area contributed by atoms with Gasteiger partial charge >= 0.3 is 0 Å². The second-order valence-electron chi connectivity index (χ2n) is 5.53. The van der Waals surface area contributed by atoms with E-state index in [-0.39, 0.29) is 6.04 Å². The lowest BCUT2D eigenvalue weighted by Crippen LogP contribution is -2.43. The minimum atomic E-state index is 0.0868.